The number of aromatic nitrogens is 3. The molecule has 96 valence electrons. The number of nitrogens with zero attached hydrogens (tertiary/aromatic N) is 3. The fourth-order valence-corrected chi connectivity index (χ4v) is 2.03. The predicted octanol–water partition coefficient (Wildman–Crippen LogP) is 2.51. The number of H-pyrrole nitrogens is 1. The van der Waals surface area contributed by atoms with Gasteiger partial charge in [0.1, 0.15) is 5.82 Å². The quantitative estimate of drug-likeness (QED) is 0.854. The fourth-order valence-electron chi connectivity index (χ4n) is 2.03. The first-order valence-corrected chi connectivity index (χ1v) is 6.55. The molecule has 1 aliphatic carbocycles. The Morgan fingerprint density at radius 1 is 1.41 bits per heavy atom. The van der Waals surface area contributed by atoms with Crippen molar-refractivity contribution in [2.75, 3.05) is 13.6 Å². The lowest BCUT2D eigenvalue weighted by Gasteiger charge is -2.34. The van der Waals surface area contributed by atoms with Crippen molar-refractivity contribution >= 4 is 0 Å². The zero-order valence-electron chi connectivity index (χ0n) is 11.6. The van der Waals surface area contributed by atoms with Crippen molar-refractivity contribution < 1.29 is 0 Å². The van der Waals surface area contributed by atoms with Gasteiger partial charge >= 0.3 is 0 Å². The minimum Gasteiger partial charge on any atom is -0.294 e. The van der Waals surface area contributed by atoms with Gasteiger partial charge in [0.25, 0.3) is 0 Å². The summed E-state index contributed by atoms with van der Waals surface area (Å²) in [6, 6.07) is 0. The zero-order valence-corrected chi connectivity index (χ0v) is 11.6. The summed E-state index contributed by atoms with van der Waals surface area (Å²) >= 11 is 0. The number of aromatic amines is 1. The van der Waals surface area contributed by atoms with Crippen molar-refractivity contribution in [3.05, 3.63) is 11.6 Å². The van der Waals surface area contributed by atoms with Crippen LogP contribution in [0.1, 0.15) is 58.1 Å². The predicted molar refractivity (Wildman–Crippen MR) is 68.9 cm³/mol. The minimum atomic E-state index is -0.103. The molecule has 4 heteroatoms. The highest BCUT2D eigenvalue weighted by Gasteiger charge is 2.33. The Kier molecular flexibility index (Phi) is 3.25. The van der Waals surface area contributed by atoms with Crippen LogP contribution in [0.3, 0.4) is 0 Å². The van der Waals surface area contributed by atoms with E-state index in [0.29, 0.717) is 11.8 Å². The van der Waals surface area contributed by atoms with Crippen LogP contribution in [0.15, 0.2) is 0 Å². The second kappa shape index (κ2) is 4.41. The van der Waals surface area contributed by atoms with E-state index in [9.17, 15) is 0 Å². The van der Waals surface area contributed by atoms with Crippen LogP contribution in [0.25, 0.3) is 0 Å². The summed E-state index contributed by atoms with van der Waals surface area (Å²) in [7, 11) is 2.15. The van der Waals surface area contributed by atoms with Crippen LogP contribution >= 0.6 is 0 Å². The third-order valence-electron chi connectivity index (χ3n) is 3.61. The molecule has 1 aliphatic rings. The van der Waals surface area contributed by atoms with Gasteiger partial charge in [-0.1, -0.05) is 13.8 Å². The highest BCUT2D eigenvalue weighted by molar-refractivity contribution is 5.09. The van der Waals surface area contributed by atoms with Crippen molar-refractivity contribution in [2.45, 2.75) is 52.0 Å². The summed E-state index contributed by atoms with van der Waals surface area (Å²) in [6.45, 7) is 9.91. The minimum absolute atomic E-state index is 0.103. The maximum absolute atomic E-state index is 4.66. The van der Waals surface area contributed by atoms with E-state index in [1.54, 1.807) is 0 Å². The summed E-state index contributed by atoms with van der Waals surface area (Å²) in [5.41, 5.74) is -0.103. The van der Waals surface area contributed by atoms with Crippen molar-refractivity contribution in [1.29, 1.82) is 0 Å². The maximum atomic E-state index is 4.66. The number of nitrogens with one attached hydrogen (secondary N) is 1. The van der Waals surface area contributed by atoms with Gasteiger partial charge in [0.05, 0.1) is 5.54 Å². The van der Waals surface area contributed by atoms with Gasteiger partial charge in [-0.3, -0.25) is 10.00 Å². The summed E-state index contributed by atoms with van der Waals surface area (Å²) < 4.78 is 0. The summed E-state index contributed by atoms with van der Waals surface area (Å²) in [6.07, 6.45) is 2.52. The molecule has 0 aliphatic heterocycles. The van der Waals surface area contributed by atoms with Crippen LogP contribution in [-0.2, 0) is 5.54 Å². The first-order chi connectivity index (χ1) is 7.91. The number of rotatable bonds is 5. The van der Waals surface area contributed by atoms with E-state index in [2.05, 4.69) is 54.8 Å². The van der Waals surface area contributed by atoms with Crippen molar-refractivity contribution in [3.63, 3.8) is 0 Å². The van der Waals surface area contributed by atoms with Gasteiger partial charge < -0.3 is 0 Å². The SMILES string of the molecule is CC(C)CN(C)C(C)(C)c1n[nH]c(C2CC2)n1. The Balaban J connectivity index is 2.11. The van der Waals surface area contributed by atoms with Crippen LogP contribution in [0.5, 0.6) is 0 Å². The van der Waals surface area contributed by atoms with Crippen LogP contribution in [0, 0.1) is 5.92 Å². The monoisotopic (exact) mass is 236 g/mol. The molecular formula is C13H24N4. The molecule has 1 N–H and O–H groups in total. The fraction of sp³-hybridized carbons (Fsp3) is 0.846. The molecule has 1 aromatic rings. The third kappa shape index (κ3) is 2.68. The van der Waals surface area contributed by atoms with Gasteiger partial charge in [0.15, 0.2) is 5.82 Å². The van der Waals surface area contributed by atoms with Crippen LogP contribution in [-0.4, -0.2) is 33.7 Å². The Hall–Kier alpha value is -0.900. The maximum Gasteiger partial charge on any atom is 0.170 e. The molecule has 1 aromatic heterocycles. The standard InChI is InChI=1S/C13H24N4/c1-9(2)8-17(5)13(3,4)12-14-11(15-16-12)10-6-7-10/h9-10H,6-8H2,1-5H3,(H,14,15,16). The van der Waals surface area contributed by atoms with Gasteiger partial charge in [-0.25, -0.2) is 4.98 Å². The number of hydrogen-bond donors (Lipinski definition) is 1. The topological polar surface area (TPSA) is 44.8 Å². The molecule has 0 spiro atoms. The largest absolute Gasteiger partial charge is 0.294 e. The van der Waals surface area contributed by atoms with Crippen LogP contribution < -0.4 is 0 Å². The Morgan fingerprint density at radius 2 is 2.06 bits per heavy atom. The molecule has 1 fully saturated rings. The van der Waals surface area contributed by atoms with E-state index in [1.807, 2.05) is 0 Å². The Labute approximate surface area is 104 Å². The first kappa shape index (κ1) is 12.6. The molecule has 0 radical (unpaired) electrons. The average Bonchev–Trinajstić information content (AvgIpc) is 2.95. The van der Waals surface area contributed by atoms with Gasteiger partial charge in [0.2, 0.25) is 0 Å². The van der Waals surface area contributed by atoms with Gasteiger partial charge in [-0.2, -0.15) is 5.10 Å². The highest BCUT2D eigenvalue weighted by atomic mass is 15.3. The zero-order chi connectivity index (χ0) is 12.6. The molecular weight excluding hydrogens is 212 g/mol. The molecule has 0 aromatic carbocycles. The van der Waals surface area contributed by atoms with Crippen LogP contribution in [0.4, 0.5) is 0 Å². The highest BCUT2D eigenvalue weighted by Crippen LogP contribution is 2.38. The molecule has 0 bridgehead atoms. The lowest BCUT2D eigenvalue weighted by molar-refractivity contribution is 0.130. The molecule has 0 saturated heterocycles. The van der Waals surface area contributed by atoms with Crippen molar-refractivity contribution in [1.82, 2.24) is 20.1 Å². The first-order valence-electron chi connectivity index (χ1n) is 6.55. The van der Waals surface area contributed by atoms with E-state index < -0.39 is 0 Å². The van der Waals surface area contributed by atoms with E-state index in [-0.39, 0.29) is 5.54 Å². The van der Waals surface area contributed by atoms with E-state index >= 15 is 0 Å². The molecule has 0 atom stereocenters. The smallest absolute Gasteiger partial charge is 0.170 e. The van der Waals surface area contributed by atoms with Gasteiger partial charge in [-0.15, -0.1) is 0 Å². The average molecular weight is 236 g/mol. The van der Waals surface area contributed by atoms with E-state index in [1.165, 1.54) is 12.8 Å². The molecule has 0 unspecified atom stereocenters. The lowest BCUT2D eigenvalue weighted by atomic mass is 10.0. The van der Waals surface area contributed by atoms with E-state index in [4.69, 9.17) is 0 Å². The number of hydrogen-bond acceptors (Lipinski definition) is 3. The molecule has 4 nitrogen and oxygen atoms in total. The van der Waals surface area contributed by atoms with Gasteiger partial charge in [0, 0.05) is 12.5 Å². The molecule has 1 saturated carbocycles. The Morgan fingerprint density at radius 3 is 2.59 bits per heavy atom. The van der Waals surface area contributed by atoms with Crippen LogP contribution in [0.2, 0.25) is 0 Å². The normalized spacial score (nSPS) is 17.1. The molecule has 17 heavy (non-hydrogen) atoms. The van der Waals surface area contributed by atoms with Crippen molar-refractivity contribution in [2.24, 2.45) is 5.92 Å². The molecule has 1 heterocycles. The third-order valence-corrected chi connectivity index (χ3v) is 3.61. The molecule has 2 rings (SSSR count). The summed E-state index contributed by atoms with van der Waals surface area (Å²) in [4.78, 5) is 6.99. The molecule has 0 amide bonds. The second-order valence-electron chi connectivity index (χ2n) is 6.15. The summed E-state index contributed by atoms with van der Waals surface area (Å²) in [5.74, 6) is 3.29. The lowest BCUT2D eigenvalue weighted by Crippen LogP contribution is -2.41. The van der Waals surface area contributed by atoms with E-state index in [0.717, 1.165) is 18.2 Å². The Bertz CT molecular complexity index is 377. The van der Waals surface area contributed by atoms with Crippen molar-refractivity contribution in [3.8, 4) is 0 Å². The van der Waals surface area contributed by atoms with Gasteiger partial charge in [-0.05, 0) is 39.7 Å². The summed E-state index contributed by atoms with van der Waals surface area (Å²) in [5, 5.41) is 7.49. The second-order valence-corrected chi connectivity index (χ2v) is 6.15.